The molecule has 2 N–H and O–H groups in total. The van der Waals surface area contributed by atoms with Gasteiger partial charge >= 0.3 is 6.01 Å². The van der Waals surface area contributed by atoms with Crippen molar-refractivity contribution in [3.63, 3.8) is 0 Å². The number of rotatable bonds is 7. The topological polar surface area (TPSA) is 63.0 Å². The van der Waals surface area contributed by atoms with E-state index in [1.54, 1.807) is 0 Å². The zero-order chi connectivity index (χ0) is 12.8. The molecule has 0 amide bonds. The molecule has 0 spiro atoms. The maximum Gasteiger partial charge on any atom is 0.315 e. The highest BCUT2D eigenvalue weighted by Gasteiger charge is 2.05. The molecule has 0 atom stereocenters. The van der Waals surface area contributed by atoms with Gasteiger partial charge in [-0.25, -0.2) is 0 Å². The predicted octanol–water partition coefficient (Wildman–Crippen LogP) is 2.90. The molecule has 5 nitrogen and oxygen atoms in total. The van der Waals surface area contributed by atoms with E-state index in [4.69, 9.17) is 16.0 Å². The summed E-state index contributed by atoms with van der Waals surface area (Å²) >= 11 is 7.38. The first-order valence-electron chi connectivity index (χ1n) is 5.79. The molecule has 2 aromatic heterocycles. The smallest absolute Gasteiger partial charge is 0.315 e. The van der Waals surface area contributed by atoms with Crippen molar-refractivity contribution in [2.45, 2.75) is 26.4 Å². The van der Waals surface area contributed by atoms with Crippen molar-refractivity contribution in [2.24, 2.45) is 0 Å². The Balaban J connectivity index is 1.79. The summed E-state index contributed by atoms with van der Waals surface area (Å²) in [6.45, 7) is 4.30. The zero-order valence-electron chi connectivity index (χ0n) is 10.1. The lowest BCUT2D eigenvalue weighted by atomic mass is 10.5. The van der Waals surface area contributed by atoms with Crippen molar-refractivity contribution in [1.29, 1.82) is 0 Å². The van der Waals surface area contributed by atoms with Gasteiger partial charge in [0.2, 0.25) is 5.89 Å². The number of nitrogens with one attached hydrogen (secondary N) is 2. The van der Waals surface area contributed by atoms with Crippen LogP contribution in [0, 0.1) is 0 Å². The van der Waals surface area contributed by atoms with Crippen molar-refractivity contribution >= 4 is 29.0 Å². The number of hydrogen-bond donors (Lipinski definition) is 2. The minimum absolute atomic E-state index is 0.438. The molecule has 0 aliphatic heterocycles. The fourth-order valence-electron chi connectivity index (χ4n) is 1.38. The number of thiophene rings is 1. The Hall–Kier alpha value is -1.11. The van der Waals surface area contributed by atoms with Gasteiger partial charge in [-0.3, -0.25) is 0 Å². The van der Waals surface area contributed by atoms with Gasteiger partial charge in [0.1, 0.15) is 0 Å². The first-order chi connectivity index (χ1) is 8.78. The predicted molar refractivity (Wildman–Crippen MR) is 73.0 cm³/mol. The number of anilines is 1. The van der Waals surface area contributed by atoms with Gasteiger partial charge in [-0.05, 0) is 25.1 Å². The normalized spacial score (nSPS) is 10.8. The van der Waals surface area contributed by atoms with Gasteiger partial charge < -0.3 is 15.1 Å². The summed E-state index contributed by atoms with van der Waals surface area (Å²) in [5, 5.41) is 14.1. The molecule has 0 radical (unpaired) electrons. The van der Waals surface area contributed by atoms with Crippen molar-refractivity contribution in [1.82, 2.24) is 15.5 Å². The van der Waals surface area contributed by atoms with Crippen LogP contribution in [0.25, 0.3) is 0 Å². The van der Waals surface area contributed by atoms with E-state index < -0.39 is 0 Å². The molecule has 0 bridgehead atoms. The minimum atomic E-state index is 0.438. The second-order valence-corrected chi connectivity index (χ2v) is 5.54. The molecule has 0 aliphatic carbocycles. The van der Waals surface area contributed by atoms with Crippen LogP contribution in [0.2, 0.25) is 4.34 Å². The van der Waals surface area contributed by atoms with Crippen molar-refractivity contribution in [3.05, 3.63) is 27.2 Å². The van der Waals surface area contributed by atoms with E-state index in [9.17, 15) is 0 Å². The number of halogens is 1. The molecule has 2 heterocycles. The number of hydrogen-bond acceptors (Lipinski definition) is 6. The second-order valence-electron chi connectivity index (χ2n) is 3.74. The van der Waals surface area contributed by atoms with Crippen LogP contribution in [-0.2, 0) is 13.1 Å². The van der Waals surface area contributed by atoms with E-state index in [-0.39, 0.29) is 0 Å². The average Bonchev–Trinajstić information content (AvgIpc) is 2.96. The van der Waals surface area contributed by atoms with Crippen LogP contribution in [0.3, 0.4) is 0 Å². The van der Waals surface area contributed by atoms with Crippen LogP contribution in [0.1, 0.15) is 24.1 Å². The third kappa shape index (κ3) is 3.97. The Kier molecular flexibility index (Phi) is 4.98. The maximum absolute atomic E-state index is 5.85. The molecule has 7 heteroatoms. The van der Waals surface area contributed by atoms with Crippen LogP contribution in [-0.4, -0.2) is 16.7 Å². The summed E-state index contributed by atoms with van der Waals surface area (Å²) in [6.07, 6.45) is 1.08. The molecule has 0 aromatic carbocycles. The molecule has 0 saturated heterocycles. The SMILES string of the molecule is CCCNCc1nnc(NCc2ccc(Cl)s2)o1. The standard InChI is InChI=1S/C11H15ClN4OS/c1-2-5-13-7-10-15-16-11(17-10)14-6-8-3-4-9(12)18-8/h3-4,13H,2,5-7H2,1H3,(H,14,16). The molecule has 2 rings (SSSR count). The highest BCUT2D eigenvalue weighted by atomic mass is 35.5. The van der Waals surface area contributed by atoms with Crippen LogP contribution < -0.4 is 10.6 Å². The Bertz CT molecular complexity index is 485. The molecule has 0 fully saturated rings. The first kappa shape index (κ1) is 13.3. The third-order valence-electron chi connectivity index (χ3n) is 2.21. The van der Waals surface area contributed by atoms with E-state index in [1.165, 1.54) is 11.3 Å². The molecular weight excluding hydrogens is 272 g/mol. The fourth-order valence-corrected chi connectivity index (χ4v) is 2.41. The van der Waals surface area contributed by atoms with Gasteiger partial charge in [0, 0.05) is 4.88 Å². The molecular formula is C11H15ClN4OS. The highest BCUT2D eigenvalue weighted by Crippen LogP contribution is 2.22. The maximum atomic E-state index is 5.85. The van der Waals surface area contributed by atoms with Crippen molar-refractivity contribution < 1.29 is 4.42 Å². The average molecular weight is 287 g/mol. The molecule has 0 unspecified atom stereocenters. The first-order valence-corrected chi connectivity index (χ1v) is 6.98. The van der Waals surface area contributed by atoms with Gasteiger partial charge in [0.25, 0.3) is 0 Å². The molecule has 98 valence electrons. The van der Waals surface area contributed by atoms with Crippen molar-refractivity contribution in [3.8, 4) is 0 Å². The van der Waals surface area contributed by atoms with Crippen LogP contribution in [0.5, 0.6) is 0 Å². The second kappa shape index (κ2) is 6.72. The number of aromatic nitrogens is 2. The zero-order valence-corrected chi connectivity index (χ0v) is 11.6. The molecule has 0 saturated carbocycles. The van der Waals surface area contributed by atoms with Gasteiger partial charge in [-0.2, -0.15) is 0 Å². The van der Waals surface area contributed by atoms with E-state index in [0.717, 1.165) is 22.2 Å². The van der Waals surface area contributed by atoms with Crippen LogP contribution >= 0.6 is 22.9 Å². The van der Waals surface area contributed by atoms with Gasteiger partial charge in [-0.15, -0.1) is 16.4 Å². The molecule has 2 aromatic rings. The summed E-state index contributed by atoms with van der Waals surface area (Å²) < 4.78 is 6.21. The molecule has 18 heavy (non-hydrogen) atoms. The minimum Gasteiger partial charge on any atom is -0.407 e. The lowest BCUT2D eigenvalue weighted by Gasteiger charge is -1.98. The van der Waals surface area contributed by atoms with E-state index in [2.05, 4.69) is 27.8 Å². The number of nitrogens with zero attached hydrogens (tertiary/aromatic N) is 2. The largest absolute Gasteiger partial charge is 0.407 e. The summed E-state index contributed by atoms with van der Waals surface area (Å²) in [7, 11) is 0. The Labute approximate surface area is 115 Å². The fraction of sp³-hybridized carbons (Fsp3) is 0.455. The Morgan fingerprint density at radius 1 is 1.33 bits per heavy atom. The van der Waals surface area contributed by atoms with E-state index in [1.807, 2.05) is 12.1 Å². The molecule has 0 aliphatic rings. The van der Waals surface area contributed by atoms with Crippen molar-refractivity contribution in [2.75, 3.05) is 11.9 Å². The summed E-state index contributed by atoms with van der Waals surface area (Å²) in [5.41, 5.74) is 0. The van der Waals surface area contributed by atoms with Gasteiger partial charge in [0.05, 0.1) is 17.4 Å². The van der Waals surface area contributed by atoms with E-state index >= 15 is 0 Å². The summed E-state index contributed by atoms with van der Waals surface area (Å²) in [6, 6.07) is 4.28. The Morgan fingerprint density at radius 2 is 2.22 bits per heavy atom. The van der Waals surface area contributed by atoms with Gasteiger partial charge in [-0.1, -0.05) is 23.6 Å². The van der Waals surface area contributed by atoms with E-state index in [0.29, 0.717) is 25.0 Å². The third-order valence-corrected chi connectivity index (χ3v) is 3.44. The highest BCUT2D eigenvalue weighted by molar-refractivity contribution is 7.16. The summed E-state index contributed by atoms with van der Waals surface area (Å²) in [4.78, 5) is 1.13. The quantitative estimate of drug-likeness (QED) is 0.766. The van der Waals surface area contributed by atoms with Gasteiger partial charge in [0.15, 0.2) is 0 Å². The monoisotopic (exact) mass is 286 g/mol. The lowest BCUT2D eigenvalue weighted by Crippen LogP contribution is -2.13. The summed E-state index contributed by atoms with van der Waals surface area (Å²) in [5.74, 6) is 0.593. The lowest BCUT2D eigenvalue weighted by molar-refractivity contribution is 0.477. The van der Waals surface area contributed by atoms with Crippen LogP contribution in [0.15, 0.2) is 16.5 Å². The Morgan fingerprint density at radius 3 is 2.94 bits per heavy atom. The van der Waals surface area contributed by atoms with Crippen LogP contribution in [0.4, 0.5) is 6.01 Å².